The van der Waals surface area contributed by atoms with Gasteiger partial charge in [-0.15, -0.1) is 0 Å². The normalized spacial score (nSPS) is 14.9. The van der Waals surface area contributed by atoms with Gasteiger partial charge in [-0.05, 0) is 51.0 Å². The van der Waals surface area contributed by atoms with Gasteiger partial charge in [0.15, 0.2) is 0 Å². The number of fused-ring (bicyclic) bond motifs is 1. The average molecular weight is 476 g/mol. The van der Waals surface area contributed by atoms with Crippen molar-refractivity contribution in [2.24, 2.45) is 5.92 Å². The number of carbonyl (C=O) groups excluding carboxylic acids is 2. The number of benzene rings is 1. The Morgan fingerprint density at radius 1 is 1.18 bits per heavy atom. The van der Waals surface area contributed by atoms with E-state index in [0.29, 0.717) is 22.4 Å². The highest BCUT2D eigenvalue weighted by molar-refractivity contribution is 6.04. The molecule has 1 aromatic carbocycles. The van der Waals surface area contributed by atoms with Gasteiger partial charge in [-0.25, -0.2) is 4.98 Å². The number of aromatic amines is 1. The summed E-state index contributed by atoms with van der Waals surface area (Å²) in [6.45, 7) is 3.06. The van der Waals surface area contributed by atoms with Crippen molar-refractivity contribution in [2.75, 3.05) is 5.32 Å². The number of carbonyl (C=O) groups is 2. The molecule has 0 spiro atoms. The molecule has 1 amide bonds. The molecule has 0 unspecified atom stereocenters. The maximum Gasteiger partial charge on any atom is 0.433 e. The number of hydrogen-bond donors (Lipinski definition) is 3. The average Bonchev–Trinajstić information content (AvgIpc) is 3.26. The van der Waals surface area contributed by atoms with E-state index >= 15 is 0 Å². The van der Waals surface area contributed by atoms with Gasteiger partial charge in [0.1, 0.15) is 17.7 Å². The topological polar surface area (TPSA) is 108 Å². The number of H-pyrrole nitrogens is 1. The van der Waals surface area contributed by atoms with E-state index in [1.165, 1.54) is 45.4 Å². The molecule has 7 nitrogen and oxygen atoms in total. The van der Waals surface area contributed by atoms with Crippen molar-refractivity contribution >= 4 is 28.8 Å². The van der Waals surface area contributed by atoms with Gasteiger partial charge < -0.3 is 15.2 Å². The molecule has 2 aromatic heterocycles. The molecule has 0 atom stereocenters. The second-order valence-electron chi connectivity index (χ2n) is 8.81. The highest BCUT2D eigenvalue weighted by atomic mass is 19.4. The van der Waals surface area contributed by atoms with Gasteiger partial charge >= 0.3 is 6.18 Å². The van der Waals surface area contributed by atoms with E-state index in [1.54, 1.807) is 12.1 Å². The number of amides is 1. The van der Waals surface area contributed by atoms with Gasteiger partial charge in [0.25, 0.3) is 5.91 Å². The minimum Gasteiger partial charge on any atom is -0.386 e. The minimum atomic E-state index is -4.65. The number of rotatable bonds is 4. The molecule has 0 saturated heterocycles. The molecule has 182 valence electrons. The summed E-state index contributed by atoms with van der Waals surface area (Å²) in [6, 6.07) is 6.29. The van der Waals surface area contributed by atoms with E-state index in [9.17, 15) is 27.9 Å². The third-order valence-corrected chi connectivity index (χ3v) is 5.60. The first-order valence-electron chi connectivity index (χ1n) is 11.0. The molecule has 10 heteroatoms. The molecular formula is C24H27F3N4O3. The minimum absolute atomic E-state index is 0.260. The van der Waals surface area contributed by atoms with Crippen molar-refractivity contribution in [1.29, 1.82) is 0 Å². The summed E-state index contributed by atoms with van der Waals surface area (Å²) in [7, 11) is 0. The summed E-state index contributed by atoms with van der Waals surface area (Å²) in [5.41, 5.74) is -1.54. The smallest absolute Gasteiger partial charge is 0.386 e. The summed E-state index contributed by atoms with van der Waals surface area (Å²) in [5, 5.41) is 20.2. The molecular weight excluding hydrogens is 449 g/mol. The lowest BCUT2D eigenvalue weighted by Crippen LogP contribution is -2.22. The van der Waals surface area contributed by atoms with Gasteiger partial charge in [-0.1, -0.05) is 25.3 Å². The Bertz CT molecular complexity index is 1150. The van der Waals surface area contributed by atoms with E-state index < -0.39 is 23.4 Å². The molecule has 3 N–H and O–H groups in total. The first-order chi connectivity index (χ1) is 16.0. The molecule has 3 aromatic rings. The van der Waals surface area contributed by atoms with Crippen LogP contribution >= 0.6 is 0 Å². The van der Waals surface area contributed by atoms with Crippen molar-refractivity contribution in [3.8, 4) is 0 Å². The molecule has 0 aliphatic heterocycles. The molecule has 1 saturated carbocycles. The maximum absolute atomic E-state index is 12.8. The van der Waals surface area contributed by atoms with E-state index in [1.807, 2.05) is 0 Å². The second kappa shape index (κ2) is 10.3. The Kier molecular flexibility index (Phi) is 7.71. The Balaban J connectivity index is 0.000000343. The summed E-state index contributed by atoms with van der Waals surface area (Å²) in [6.07, 6.45) is 4.15. The van der Waals surface area contributed by atoms with Crippen LogP contribution in [0.4, 0.5) is 18.9 Å². The highest BCUT2D eigenvalue weighted by Gasteiger charge is 2.33. The van der Waals surface area contributed by atoms with E-state index in [0.717, 1.165) is 31.3 Å². The quantitative estimate of drug-likeness (QED) is 0.448. The van der Waals surface area contributed by atoms with Crippen molar-refractivity contribution in [3.05, 3.63) is 53.5 Å². The summed E-state index contributed by atoms with van der Waals surface area (Å²) in [4.78, 5) is 25.9. The maximum atomic E-state index is 12.8. The number of pyridine rings is 1. The number of aldehydes is 1. The zero-order chi connectivity index (χ0) is 24.9. The van der Waals surface area contributed by atoms with Crippen molar-refractivity contribution in [1.82, 2.24) is 15.2 Å². The molecule has 34 heavy (non-hydrogen) atoms. The van der Waals surface area contributed by atoms with Gasteiger partial charge in [0, 0.05) is 22.6 Å². The number of halogens is 3. The van der Waals surface area contributed by atoms with E-state index in [4.69, 9.17) is 0 Å². The summed E-state index contributed by atoms with van der Waals surface area (Å²) >= 11 is 0. The van der Waals surface area contributed by atoms with Crippen LogP contribution < -0.4 is 5.32 Å². The van der Waals surface area contributed by atoms with E-state index in [2.05, 4.69) is 20.5 Å². The van der Waals surface area contributed by atoms with Crippen LogP contribution in [0.15, 0.2) is 36.5 Å². The first kappa shape index (κ1) is 25.4. The number of aliphatic hydroxyl groups is 1. The molecule has 4 rings (SSSR count). The number of alkyl halides is 3. The van der Waals surface area contributed by atoms with Gasteiger partial charge in [0.05, 0.1) is 17.3 Å². The second-order valence-corrected chi connectivity index (χ2v) is 8.81. The van der Waals surface area contributed by atoms with Crippen LogP contribution in [0, 0.1) is 5.92 Å². The van der Waals surface area contributed by atoms with Gasteiger partial charge in [-0.3, -0.25) is 9.89 Å². The highest BCUT2D eigenvalue weighted by Crippen LogP contribution is 2.32. The van der Waals surface area contributed by atoms with Crippen LogP contribution in [0.1, 0.15) is 67.7 Å². The van der Waals surface area contributed by atoms with Crippen LogP contribution in [0.5, 0.6) is 0 Å². The van der Waals surface area contributed by atoms with Crippen LogP contribution in [-0.4, -0.2) is 32.5 Å². The number of aromatic nitrogens is 3. The fraction of sp³-hybridized carbons (Fsp3) is 0.417. The fourth-order valence-corrected chi connectivity index (χ4v) is 3.78. The predicted molar refractivity (Wildman–Crippen MR) is 121 cm³/mol. The number of nitrogens with zero attached hydrogens (tertiary/aromatic N) is 2. The van der Waals surface area contributed by atoms with Crippen LogP contribution in [0.3, 0.4) is 0 Å². The summed E-state index contributed by atoms with van der Waals surface area (Å²) < 4.78 is 38.3. The van der Waals surface area contributed by atoms with Crippen LogP contribution in [0.25, 0.3) is 10.9 Å². The molecule has 1 fully saturated rings. The first-order valence-corrected chi connectivity index (χ1v) is 11.0. The fourth-order valence-electron chi connectivity index (χ4n) is 3.78. The zero-order valence-electron chi connectivity index (χ0n) is 18.9. The molecule has 0 bridgehead atoms. The van der Waals surface area contributed by atoms with Gasteiger partial charge in [0.2, 0.25) is 0 Å². The Morgan fingerprint density at radius 2 is 1.88 bits per heavy atom. The predicted octanol–water partition coefficient (Wildman–Crippen LogP) is 5.22. The largest absolute Gasteiger partial charge is 0.433 e. The lowest BCUT2D eigenvalue weighted by Gasteiger charge is -2.22. The van der Waals surface area contributed by atoms with Crippen molar-refractivity contribution in [3.63, 3.8) is 0 Å². The third-order valence-electron chi connectivity index (χ3n) is 5.60. The van der Waals surface area contributed by atoms with Crippen molar-refractivity contribution in [2.45, 2.75) is 57.7 Å². The Labute approximate surface area is 194 Å². The van der Waals surface area contributed by atoms with Crippen LogP contribution in [0.2, 0.25) is 0 Å². The third kappa shape index (κ3) is 6.40. The Hall–Kier alpha value is -3.27. The lowest BCUT2D eigenvalue weighted by molar-refractivity contribution is -0.141. The number of nitrogens with one attached hydrogen (secondary N) is 2. The van der Waals surface area contributed by atoms with E-state index in [-0.39, 0.29) is 11.4 Å². The lowest BCUT2D eigenvalue weighted by atomic mass is 9.91. The summed E-state index contributed by atoms with van der Waals surface area (Å²) in [5.74, 6) is -0.409. The monoisotopic (exact) mass is 476 g/mol. The number of hydrogen-bond acceptors (Lipinski definition) is 5. The molecule has 0 radical (unpaired) electrons. The standard InChI is InChI=1S/C17H15F3N4O2.C7H12O/c1-16(2,26)10-7-12-9(8-21-24-12)6-13(10)23-15(25)11-4-3-5-14(22-11)17(18,19)20;8-6-7-4-2-1-3-5-7/h3-8,26H,1-2H3,(H,21,24)(H,23,25);6-7H,1-5H2. The Morgan fingerprint density at radius 3 is 2.47 bits per heavy atom. The molecule has 1 aliphatic rings. The van der Waals surface area contributed by atoms with Crippen LogP contribution in [-0.2, 0) is 16.6 Å². The SMILES string of the molecule is CC(C)(O)c1cc2[nH]ncc2cc1NC(=O)c1cccc(C(F)(F)F)n1.O=CC1CCCCC1. The molecule has 2 heterocycles. The molecule has 1 aliphatic carbocycles. The van der Waals surface area contributed by atoms with Gasteiger partial charge in [-0.2, -0.15) is 18.3 Å². The zero-order valence-corrected chi connectivity index (χ0v) is 18.9. The van der Waals surface area contributed by atoms with Crippen molar-refractivity contribution < 1.29 is 27.9 Å². The number of anilines is 1.